The number of aromatic nitrogens is 2. The molecule has 0 unspecified atom stereocenters. The summed E-state index contributed by atoms with van der Waals surface area (Å²) in [5, 5.41) is 6.57. The molecule has 0 saturated carbocycles. The molecule has 0 aliphatic heterocycles. The summed E-state index contributed by atoms with van der Waals surface area (Å²) in [4.78, 5) is 14.4. The Morgan fingerprint density at radius 2 is 2.04 bits per heavy atom. The molecule has 1 aromatic heterocycles. The molecule has 1 rings (SSSR count). The summed E-state index contributed by atoms with van der Waals surface area (Å²) in [6.07, 6.45) is -0.295. The molecule has 1 amide bonds. The zero-order valence-electron chi connectivity index (χ0n) is 14.5. The Labute approximate surface area is 137 Å². The van der Waals surface area contributed by atoms with Gasteiger partial charge < -0.3 is 10.2 Å². The van der Waals surface area contributed by atoms with Crippen LogP contribution in [0.2, 0.25) is 0 Å². The van der Waals surface area contributed by atoms with Crippen molar-refractivity contribution in [1.29, 1.82) is 0 Å². The number of halogens is 2. The van der Waals surface area contributed by atoms with Gasteiger partial charge in [-0.25, -0.2) is 8.78 Å². The first-order valence-corrected chi connectivity index (χ1v) is 8.25. The molecule has 132 valence electrons. The van der Waals surface area contributed by atoms with Gasteiger partial charge in [-0.15, -0.1) is 0 Å². The normalized spacial score (nSPS) is 11.7. The quantitative estimate of drug-likeness (QED) is 0.717. The van der Waals surface area contributed by atoms with Crippen LogP contribution in [0, 0.1) is 5.92 Å². The Morgan fingerprint density at radius 1 is 1.35 bits per heavy atom. The average Bonchev–Trinajstić information content (AvgIpc) is 2.89. The Hall–Kier alpha value is -1.50. The number of hydrogen-bond donors (Lipinski definition) is 1. The first-order valence-electron chi connectivity index (χ1n) is 8.25. The van der Waals surface area contributed by atoms with Crippen molar-refractivity contribution < 1.29 is 13.6 Å². The third-order valence-corrected chi connectivity index (χ3v) is 3.49. The van der Waals surface area contributed by atoms with Gasteiger partial charge in [0.2, 0.25) is 0 Å². The average molecular weight is 330 g/mol. The van der Waals surface area contributed by atoms with E-state index in [1.165, 1.54) is 10.9 Å². The zero-order chi connectivity index (χ0) is 17.4. The van der Waals surface area contributed by atoms with Gasteiger partial charge in [0.15, 0.2) is 0 Å². The minimum atomic E-state index is -2.75. The van der Waals surface area contributed by atoms with Crippen LogP contribution in [-0.4, -0.2) is 46.8 Å². The van der Waals surface area contributed by atoms with Crippen LogP contribution in [0.1, 0.15) is 56.6 Å². The topological polar surface area (TPSA) is 50.2 Å². The zero-order valence-corrected chi connectivity index (χ0v) is 14.5. The standard InChI is InChI=1S/C16H28F2N4O/c1-5-8-21(6-2)9-7-19-16(23)13-11-22(10-12(3)4)20-14(13)15(17)18/h11-12,15H,5-10H2,1-4H3,(H,19,23). The highest BCUT2D eigenvalue weighted by molar-refractivity contribution is 5.95. The minimum Gasteiger partial charge on any atom is -0.351 e. The van der Waals surface area contributed by atoms with Gasteiger partial charge in [0.05, 0.1) is 5.56 Å². The van der Waals surface area contributed by atoms with Crippen molar-refractivity contribution in [3.05, 3.63) is 17.5 Å². The molecule has 0 radical (unpaired) electrons. The van der Waals surface area contributed by atoms with E-state index in [1.807, 2.05) is 13.8 Å². The Kier molecular flexibility index (Phi) is 8.16. The summed E-state index contributed by atoms with van der Waals surface area (Å²) in [6, 6.07) is 0. The van der Waals surface area contributed by atoms with E-state index in [-0.39, 0.29) is 11.5 Å². The number of nitrogens with one attached hydrogen (secondary N) is 1. The van der Waals surface area contributed by atoms with Crippen LogP contribution in [0.15, 0.2) is 6.20 Å². The molecular weight excluding hydrogens is 302 g/mol. The summed E-state index contributed by atoms with van der Waals surface area (Å²) in [5.74, 6) is -0.216. The number of rotatable bonds is 10. The lowest BCUT2D eigenvalue weighted by Crippen LogP contribution is -2.35. The lowest BCUT2D eigenvalue weighted by Gasteiger charge is -2.19. The number of carbonyl (C=O) groups is 1. The van der Waals surface area contributed by atoms with Gasteiger partial charge in [-0.2, -0.15) is 5.10 Å². The van der Waals surface area contributed by atoms with E-state index >= 15 is 0 Å². The van der Waals surface area contributed by atoms with E-state index in [0.717, 1.165) is 19.5 Å². The monoisotopic (exact) mass is 330 g/mol. The molecule has 1 N–H and O–H groups in total. The lowest BCUT2D eigenvalue weighted by molar-refractivity contribution is 0.0934. The van der Waals surface area contributed by atoms with Crippen molar-refractivity contribution >= 4 is 5.91 Å². The van der Waals surface area contributed by atoms with Crippen LogP contribution in [0.5, 0.6) is 0 Å². The van der Waals surface area contributed by atoms with E-state index in [9.17, 15) is 13.6 Å². The van der Waals surface area contributed by atoms with Crippen LogP contribution >= 0.6 is 0 Å². The second-order valence-corrected chi connectivity index (χ2v) is 6.03. The van der Waals surface area contributed by atoms with Crippen molar-refractivity contribution in [3.8, 4) is 0 Å². The number of likely N-dealkylation sites (N-methyl/N-ethyl adjacent to an activating group) is 1. The number of amides is 1. The predicted octanol–water partition coefficient (Wildman–Crippen LogP) is 2.94. The Morgan fingerprint density at radius 3 is 2.57 bits per heavy atom. The third-order valence-electron chi connectivity index (χ3n) is 3.49. The molecule has 0 aliphatic rings. The molecule has 0 aliphatic carbocycles. The van der Waals surface area contributed by atoms with Crippen molar-refractivity contribution in [2.24, 2.45) is 5.92 Å². The van der Waals surface area contributed by atoms with Crippen molar-refractivity contribution in [2.45, 2.75) is 47.1 Å². The second kappa shape index (κ2) is 9.60. The highest BCUT2D eigenvalue weighted by Gasteiger charge is 2.23. The van der Waals surface area contributed by atoms with Crippen molar-refractivity contribution in [1.82, 2.24) is 20.0 Å². The van der Waals surface area contributed by atoms with Crippen LogP contribution < -0.4 is 5.32 Å². The third kappa shape index (κ3) is 6.25. The SMILES string of the molecule is CCCN(CC)CCNC(=O)c1cn(CC(C)C)nc1C(F)F. The summed E-state index contributed by atoms with van der Waals surface area (Å²) < 4.78 is 27.6. The summed E-state index contributed by atoms with van der Waals surface area (Å²) in [5.41, 5.74) is -0.469. The maximum Gasteiger partial charge on any atom is 0.282 e. The molecule has 0 atom stereocenters. The smallest absolute Gasteiger partial charge is 0.282 e. The minimum absolute atomic E-state index is 0.0285. The number of carbonyl (C=O) groups excluding carboxylic acids is 1. The molecule has 5 nitrogen and oxygen atoms in total. The van der Waals surface area contributed by atoms with Gasteiger partial charge in [-0.3, -0.25) is 9.48 Å². The highest BCUT2D eigenvalue weighted by Crippen LogP contribution is 2.21. The lowest BCUT2D eigenvalue weighted by atomic mass is 10.2. The van der Waals surface area contributed by atoms with E-state index in [4.69, 9.17) is 0 Å². The summed E-state index contributed by atoms with van der Waals surface area (Å²) in [7, 11) is 0. The molecule has 1 heterocycles. The molecule has 1 aromatic rings. The number of nitrogens with zero attached hydrogens (tertiary/aromatic N) is 3. The molecule has 0 spiro atoms. The molecule has 7 heteroatoms. The van der Waals surface area contributed by atoms with Crippen LogP contribution in [0.3, 0.4) is 0 Å². The summed E-state index contributed by atoms with van der Waals surface area (Å²) >= 11 is 0. The van der Waals surface area contributed by atoms with Gasteiger partial charge in [0, 0.05) is 25.8 Å². The fourth-order valence-electron chi connectivity index (χ4n) is 2.41. The first kappa shape index (κ1) is 19.5. The maximum atomic E-state index is 13.1. The maximum absolute atomic E-state index is 13.1. The van der Waals surface area contributed by atoms with E-state index < -0.39 is 18.0 Å². The second-order valence-electron chi connectivity index (χ2n) is 6.03. The molecule has 0 bridgehead atoms. The number of hydrogen-bond acceptors (Lipinski definition) is 3. The molecule has 23 heavy (non-hydrogen) atoms. The molecule has 0 saturated heterocycles. The Bertz CT molecular complexity index is 488. The molecular formula is C16H28F2N4O. The highest BCUT2D eigenvalue weighted by atomic mass is 19.3. The molecule has 0 fully saturated rings. The van der Waals surface area contributed by atoms with E-state index in [1.54, 1.807) is 0 Å². The van der Waals surface area contributed by atoms with E-state index in [2.05, 4.69) is 29.2 Å². The first-order chi connectivity index (χ1) is 10.9. The predicted molar refractivity (Wildman–Crippen MR) is 86.8 cm³/mol. The van der Waals surface area contributed by atoms with Crippen LogP contribution in [0.4, 0.5) is 8.78 Å². The van der Waals surface area contributed by atoms with E-state index in [0.29, 0.717) is 19.6 Å². The van der Waals surface area contributed by atoms with Gasteiger partial charge >= 0.3 is 0 Å². The van der Waals surface area contributed by atoms with Crippen LogP contribution in [0.25, 0.3) is 0 Å². The van der Waals surface area contributed by atoms with Crippen molar-refractivity contribution in [3.63, 3.8) is 0 Å². The van der Waals surface area contributed by atoms with Crippen molar-refractivity contribution in [2.75, 3.05) is 26.2 Å². The molecule has 0 aromatic carbocycles. The number of alkyl halides is 2. The fraction of sp³-hybridized carbons (Fsp3) is 0.750. The Balaban J connectivity index is 2.69. The van der Waals surface area contributed by atoms with Gasteiger partial charge in [0.1, 0.15) is 5.69 Å². The van der Waals surface area contributed by atoms with Gasteiger partial charge in [0.25, 0.3) is 12.3 Å². The largest absolute Gasteiger partial charge is 0.351 e. The van der Waals surface area contributed by atoms with Gasteiger partial charge in [-0.1, -0.05) is 27.7 Å². The fourth-order valence-corrected chi connectivity index (χ4v) is 2.41. The van der Waals surface area contributed by atoms with Crippen LogP contribution in [-0.2, 0) is 6.54 Å². The summed E-state index contributed by atoms with van der Waals surface area (Å²) in [6.45, 7) is 11.6. The van der Waals surface area contributed by atoms with Gasteiger partial charge in [-0.05, 0) is 25.4 Å².